The molecule has 1 aromatic heterocycles. The number of carbonyl (C=O) groups excluding carboxylic acids is 1. The van der Waals surface area contributed by atoms with E-state index in [9.17, 15) is 4.79 Å². The minimum Gasteiger partial charge on any atom is -0.497 e. The molecule has 6 nitrogen and oxygen atoms in total. The average Bonchev–Trinajstić information content (AvgIpc) is 3.22. The Hall–Kier alpha value is -2.54. The highest BCUT2D eigenvalue weighted by atomic mass is 32.1. The topological polar surface area (TPSA) is 66.0 Å². The number of likely N-dealkylation sites (N-methyl/N-ethyl adjacent to an activating group) is 1. The van der Waals surface area contributed by atoms with E-state index in [0.717, 1.165) is 18.7 Å². The third kappa shape index (κ3) is 7.23. The van der Waals surface area contributed by atoms with Gasteiger partial charge in [-0.25, -0.2) is 4.99 Å². The van der Waals surface area contributed by atoms with Crippen LogP contribution in [0.1, 0.15) is 29.7 Å². The molecule has 28 heavy (non-hydrogen) atoms. The lowest BCUT2D eigenvalue weighted by Gasteiger charge is -2.16. The van der Waals surface area contributed by atoms with Gasteiger partial charge in [0, 0.05) is 25.5 Å². The molecule has 7 heteroatoms. The average molecular weight is 403 g/mol. The molecular formula is C21H30N4O2S. The van der Waals surface area contributed by atoms with Gasteiger partial charge < -0.3 is 20.3 Å². The second-order valence-corrected chi connectivity index (χ2v) is 7.81. The SMILES string of the molecule is COc1ccc(C(C)CCNC(=NCC(=O)N(C)C)NCc2cccs2)cc1. The lowest BCUT2D eigenvalue weighted by Crippen LogP contribution is -2.38. The Bertz CT molecular complexity index is 742. The highest BCUT2D eigenvalue weighted by Crippen LogP contribution is 2.21. The van der Waals surface area contributed by atoms with Crippen LogP contribution in [0.5, 0.6) is 5.75 Å². The number of hydrogen-bond acceptors (Lipinski definition) is 4. The molecule has 0 fully saturated rings. The van der Waals surface area contributed by atoms with Crippen LogP contribution in [0.25, 0.3) is 0 Å². The van der Waals surface area contributed by atoms with Crippen LogP contribution in [-0.4, -0.2) is 51.1 Å². The largest absolute Gasteiger partial charge is 0.497 e. The molecule has 2 rings (SSSR count). The van der Waals surface area contributed by atoms with Gasteiger partial charge in [-0.15, -0.1) is 11.3 Å². The summed E-state index contributed by atoms with van der Waals surface area (Å²) in [5.74, 6) is 1.90. The minimum absolute atomic E-state index is 0.0242. The Morgan fingerprint density at radius 3 is 2.57 bits per heavy atom. The van der Waals surface area contributed by atoms with Gasteiger partial charge in [0.15, 0.2) is 5.96 Å². The van der Waals surface area contributed by atoms with Crippen molar-refractivity contribution in [3.8, 4) is 5.75 Å². The van der Waals surface area contributed by atoms with Gasteiger partial charge in [-0.2, -0.15) is 0 Å². The van der Waals surface area contributed by atoms with Crippen molar-refractivity contribution >= 4 is 23.2 Å². The van der Waals surface area contributed by atoms with E-state index < -0.39 is 0 Å². The second kappa shape index (κ2) is 11.3. The molecule has 0 bridgehead atoms. The quantitative estimate of drug-likeness (QED) is 0.500. The molecule has 1 aromatic carbocycles. The Morgan fingerprint density at radius 1 is 1.21 bits per heavy atom. The zero-order valence-corrected chi connectivity index (χ0v) is 17.9. The molecule has 0 saturated heterocycles. The number of methoxy groups -OCH3 is 1. The normalized spacial score (nSPS) is 12.4. The third-order valence-electron chi connectivity index (χ3n) is 4.44. The van der Waals surface area contributed by atoms with Crippen LogP contribution in [0.2, 0.25) is 0 Å². The summed E-state index contributed by atoms with van der Waals surface area (Å²) in [7, 11) is 5.15. The van der Waals surface area contributed by atoms with E-state index in [-0.39, 0.29) is 12.5 Å². The number of nitrogens with one attached hydrogen (secondary N) is 2. The fourth-order valence-corrected chi connectivity index (χ4v) is 3.20. The predicted molar refractivity (Wildman–Crippen MR) is 116 cm³/mol. The maximum Gasteiger partial charge on any atom is 0.243 e. The van der Waals surface area contributed by atoms with Gasteiger partial charge in [0.1, 0.15) is 12.3 Å². The van der Waals surface area contributed by atoms with Gasteiger partial charge >= 0.3 is 0 Å². The van der Waals surface area contributed by atoms with Crippen molar-refractivity contribution in [3.63, 3.8) is 0 Å². The molecule has 0 aliphatic rings. The summed E-state index contributed by atoms with van der Waals surface area (Å²) in [6.07, 6.45) is 0.952. The van der Waals surface area contributed by atoms with Crippen LogP contribution in [0.15, 0.2) is 46.8 Å². The van der Waals surface area contributed by atoms with Crippen molar-refractivity contribution in [2.75, 3.05) is 34.3 Å². The highest BCUT2D eigenvalue weighted by Gasteiger charge is 2.08. The molecule has 0 spiro atoms. The zero-order chi connectivity index (χ0) is 20.4. The van der Waals surface area contributed by atoms with Crippen LogP contribution in [0.4, 0.5) is 0 Å². The first kappa shape index (κ1) is 21.8. The Morgan fingerprint density at radius 2 is 1.96 bits per heavy atom. The standard InChI is InChI=1S/C21H30N4O2S/c1-16(17-7-9-18(27-4)10-8-17)11-12-22-21(24-15-20(26)25(2)3)23-14-19-6-5-13-28-19/h5-10,13,16H,11-12,14-15H2,1-4H3,(H2,22,23,24). The summed E-state index contributed by atoms with van der Waals surface area (Å²) < 4.78 is 5.22. The first-order valence-electron chi connectivity index (χ1n) is 9.38. The van der Waals surface area contributed by atoms with Gasteiger partial charge in [-0.1, -0.05) is 25.1 Å². The molecule has 1 amide bonds. The molecule has 152 valence electrons. The number of benzene rings is 1. The molecule has 0 aliphatic heterocycles. The molecule has 0 aliphatic carbocycles. The Balaban J connectivity index is 1.88. The van der Waals surface area contributed by atoms with E-state index in [4.69, 9.17) is 4.74 Å². The van der Waals surface area contributed by atoms with E-state index in [1.165, 1.54) is 10.4 Å². The molecule has 0 radical (unpaired) electrons. The summed E-state index contributed by atoms with van der Waals surface area (Å²) in [4.78, 5) is 19.1. The molecule has 1 atom stereocenters. The third-order valence-corrected chi connectivity index (χ3v) is 5.31. The Kier molecular flexibility index (Phi) is 8.81. The van der Waals surface area contributed by atoms with Crippen LogP contribution < -0.4 is 15.4 Å². The molecule has 0 saturated carbocycles. The number of nitrogens with zero attached hydrogens (tertiary/aromatic N) is 2. The van der Waals surface area contributed by atoms with E-state index in [1.54, 1.807) is 37.4 Å². The number of hydrogen-bond donors (Lipinski definition) is 2. The summed E-state index contributed by atoms with van der Waals surface area (Å²) in [6.45, 7) is 3.78. The summed E-state index contributed by atoms with van der Waals surface area (Å²) in [5, 5.41) is 8.70. The van der Waals surface area contributed by atoms with Crippen molar-refractivity contribution in [1.29, 1.82) is 0 Å². The van der Waals surface area contributed by atoms with Crippen molar-refractivity contribution < 1.29 is 9.53 Å². The van der Waals surface area contributed by atoms with Crippen LogP contribution in [0.3, 0.4) is 0 Å². The minimum atomic E-state index is -0.0242. The van der Waals surface area contributed by atoms with Crippen LogP contribution >= 0.6 is 11.3 Å². The van der Waals surface area contributed by atoms with Gasteiger partial charge in [0.25, 0.3) is 0 Å². The van der Waals surface area contributed by atoms with Crippen molar-refractivity contribution in [2.24, 2.45) is 4.99 Å². The summed E-state index contributed by atoms with van der Waals surface area (Å²) in [6, 6.07) is 12.3. The van der Waals surface area contributed by atoms with Crippen LogP contribution in [-0.2, 0) is 11.3 Å². The van der Waals surface area contributed by atoms with Crippen LogP contribution in [0, 0.1) is 0 Å². The van der Waals surface area contributed by atoms with Crippen molar-refractivity contribution in [2.45, 2.75) is 25.8 Å². The predicted octanol–water partition coefficient (Wildman–Crippen LogP) is 3.07. The number of rotatable bonds is 9. The number of thiophene rings is 1. The highest BCUT2D eigenvalue weighted by molar-refractivity contribution is 7.09. The summed E-state index contributed by atoms with van der Waals surface area (Å²) >= 11 is 1.69. The number of carbonyl (C=O) groups is 1. The van der Waals surface area contributed by atoms with Gasteiger partial charge in [-0.05, 0) is 41.5 Å². The van der Waals surface area contributed by atoms with E-state index >= 15 is 0 Å². The van der Waals surface area contributed by atoms with E-state index in [2.05, 4.69) is 40.7 Å². The molecule has 2 N–H and O–H groups in total. The second-order valence-electron chi connectivity index (χ2n) is 6.78. The first-order valence-corrected chi connectivity index (χ1v) is 10.3. The fourth-order valence-electron chi connectivity index (χ4n) is 2.55. The summed E-state index contributed by atoms with van der Waals surface area (Å²) in [5.41, 5.74) is 1.27. The molecule has 2 aromatic rings. The number of aliphatic imine (C=N–C) groups is 1. The number of ether oxygens (including phenoxy) is 1. The van der Waals surface area contributed by atoms with Crippen molar-refractivity contribution in [1.82, 2.24) is 15.5 Å². The van der Waals surface area contributed by atoms with E-state index in [1.807, 2.05) is 23.6 Å². The van der Waals surface area contributed by atoms with Crippen molar-refractivity contribution in [3.05, 3.63) is 52.2 Å². The maximum absolute atomic E-state index is 11.9. The maximum atomic E-state index is 11.9. The zero-order valence-electron chi connectivity index (χ0n) is 17.1. The first-order chi connectivity index (χ1) is 13.5. The smallest absolute Gasteiger partial charge is 0.243 e. The lowest BCUT2D eigenvalue weighted by atomic mass is 9.98. The number of guanidine groups is 1. The van der Waals surface area contributed by atoms with Gasteiger partial charge in [0.2, 0.25) is 5.91 Å². The number of amides is 1. The molecular weight excluding hydrogens is 372 g/mol. The molecule has 1 unspecified atom stereocenters. The fraction of sp³-hybridized carbons (Fsp3) is 0.429. The monoisotopic (exact) mass is 402 g/mol. The van der Waals surface area contributed by atoms with Gasteiger partial charge in [0.05, 0.1) is 13.7 Å². The Labute approximate surface area is 171 Å². The van der Waals surface area contributed by atoms with Gasteiger partial charge in [-0.3, -0.25) is 4.79 Å². The van der Waals surface area contributed by atoms with E-state index in [0.29, 0.717) is 18.4 Å². The lowest BCUT2D eigenvalue weighted by molar-refractivity contribution is -0.127. The molecule has 1 heterocycles.